The number of hydrogen-bond acceptors (Lipinski definition) is 3. The molecule has 0 aliphatic rings. The molecule has 0 aromatic heterocycles. The highest BCUT2D eigenvalue weighted by Gasteiger charge is 2.13. The van der Waals surface area contributed by atoms with Gasteiger partial charge in [-0.1, -0.05) is 24.3 Å². The Bertz CT molecular complexity index is 587. The van der Waals surface area contributed by atoms with E-state index in [-0.39, 0.29) is 18.5 Å². The van der Waals surface area contributed by atoms with Gasteiger partial charge >= 0.3 is 0 Å². The van der Waals surface area contributed by atoms with Crippen molar-refractivity contribution < 1.29 is 14.2 Å². The van der Waals surface area contributed by atoms with Crippen LogP contribution in [-0.2, 0) is 0 Å². The van der Waals surface area contributed by atoms with E-state index in [9.17, 15) is 9.50 Å². The lowest BCUT2D eigenvalue weighted by Gasteiger charge is -2.19. The lowest BCUT2D eigenvalue weighted by Crippen LogP contribution is -2.16. The summed E-state index contributed by atoms with van der Waals surface area (Å²) in [5.74, 6) is 0.391. The van der Waals surface area contributed by atoms with E-state index in [1.54, 1.807) is 18.2 Å². The van der Waals surface area contributed by atoms with E-state index >= 15 is 0 Å². The molecule has 0 spiro atoms. The first-order chi connectivity index (χ1) is 10.1. The van der Waals surface area contributed by atoms with E-state index in [1.165, 1.54) is 6.07 Å². The van der Waals surface area contributed by atoms with Crippen molar-refractivity contribution >= 4 is 5.69 Å². The Kier molecular flexibility index (Phi) is 5.17. The number of rotatable bonds is 6. The van der Waals surface area contributed by atoms with Gasteiger partial charge in [0.1, 0.15) is 11.6 Å². The second kappa shape index (κ2) is 7.09. The molecule has 0 saturated carbocycles. The Balaban J connectivity index is 2.19. The molecule has 3 nitrogen and oxygen atoms in total. The van der Waals surface area contributed by atoms with Gasteiger partial charge in [0.2, 0.25) is 0 Å². The number of hydrogen-bond donors (Lipinski definition) is 2. The fraction of sp³-hybridized carbons (Fsp3) is 0.294. The van der Waals surface area contributed by atoms with Crippen LogP contribution in [0.25, 0.3) is 0 Å². The predicted molar refractivity (Wildman–Crippen MR) is 82.1 cm³/mol. The molecule has 4 heteroatoms. The van der Waals surface area contributed by atoms with Crippen molar-refractivity contribution in [2.75, 3.05) is 11.9 Å². The molecule has 112 valence electrons. The minimum atomic E-state index is -0.391. The van der Waals surface area contributed by atoms with E-state index < -0.39 is 6.04 Å². The summed E-state index contributed by atoms with van der Waals surface area (Å²) >= 11 is 0. The molecular weight excluding hydrogens is 269 g/mol. The number of aliphatic hydroxyl groups is 1. The molecule has 0 fully saturated rings. The number of anilines is 1. The third-order valence-electron chi connectivity index (χ3n) is 3.02. The first-order valence-corrected chi connectivity index (χ1v) is 6.98. The summed E-state index contributed by atoms with van der Waals surface area (Å²) in [6.07, 6.45) is 0.0763. The maximum Gasteiger partial charge on any atom is 0.146 e. The van der Waals surface area contributed by atoms with Crippen LogP contribution in [0.4, 0.5) is 10.1 Å². The van der Waals surface area contributed by atoms with Gasteiger partial charge in [0, 0.05) is 0 Å². The van der Waals surface area contributed by atoms with Gasteiger partial charge < -0.3 is 15.2 Å². The topological polar surface area (TPSA) is 41.5 Å². The number of halogens is 1. The molecule has 0 saturated heterocycles. The molecule has 2 aromatic rings. The summed E-state index contributed by atoms with van der Waals surface area (Å²) < 4.78 is 19.3. The Morgan fingerprint density at radius 3 is 2.57 bits per heavy atom. The molecule has 1 unspecified atom stereocenters. The van der Waals surface area contributed by atoms with Crippen molar-refractivity contribution in [3.8, 4) is 5.75 Å². The van der Waals surface area contributed by atoms with Crippen LogP contribution >= 0.6 is 0 Å². The Morgan fingerprint density at radius 2 is 1.90 bits per heavy atom. The molecule has 0 radical (unpaired) electrons. The third-order valence-corrected chi connectivity index (χ3v) is 3.02. The van der Waals surface area contributed by atoms with Crippen molar-refractivity contribution in [1.82, 2.24) is 0 Å². The summed E-state index contributed by atoms with van der Waals surface area (Å²) in [5.41, 5.74) is 1.21. The molecule has 2 aromatic carbocycles. The fourth-order valence-corrected chi connectivity index (χ4v) is 2.08. The normalized spacial score (nSPS) is 12.2. The average Bonchev–Trinajstić information content (AvgIpc) is 2.46. The molecule has 0 amide bonds. The maximum absolute atomic E-state index is 13.7. The molecule has 2 N–H and O–H groups in total. The summed E-state index contributed by atoms with van der Waals surface area (Å²) in [5, 5.41) is 12.6. The van der Waals surface area contributed by atoms with Crippen LogP contribution in [0.2, 0.25) is 0 Å². The summed E-state index contributed by atoms with van der Waals surface area (Å²) in [6.45, 7) is 3.76. The minimum Gasteiger partial charge on any atom is -0.491 e. The molecule has 0 heterocycles. The molecule has 1 atom stereocenters. The highest BCUT2D eigenvalue weighted by Crippen LogP contribution is 2.24. The fourth-order valence-electron chi connectivity index (χ4n) is 2.08. The number of para-hydroxylation sites is 1. The van der Waals surface area contributed by atoms with Crippen LogP contribution < -0.4 is 10.1 Å². The zero-order chi connectivity index (χ0) is 15.2. The van der Waals surface area contributed by atoms with Crippen molar-refractivity contribution in [2.45, 2.75) is 26.0 Å². The zero-order valence-electron chi connectivity index (χ0n) is 12.2. The lowest BCUT2D eigenvalue weighted by atomic mass is 10.1. The van der Waals surface area contributed by atoms with Crippen molar-refractivity contribution in [2.24, 2.45) is 0 Å². The van der Waals surface area contributed by atoms with Gasteiger partial charge in [-0.2, -0.15) is 0 Å². The van der Waals surface area contributed by atoms with Crippen molar-refractivity contribution in [3.05, 3.63) is 59.9 Å². The summed E-state index contributed by atoms with van der Waals surface area (Å²) in [6, 6.07) is 13.5. The van der Waals surface area contributed by atoms with Crippen LogP contribution in [0, 0.1) is 5.82 Å². The third kappa shape index (κ3) is 4.20. The van der Waals surface area contributed by atoms with Crippen molar-refractivity contribution in [1.29, 1.82) is 0 Å². The number of ether oxygens (including phenoxy) is 1. The quantitative estimate of drug-likeness (QED) is 0.851. The van der Waals surface area contributed by atoms with Crippen LogP contribution in [-0.4, -0.2) is 17.8 Å². The minimum absolute atomic E-state index is 0.0763. The van der Waals surface area contributed by atoms with Gasteiger partial charge in [-0.25, -0.2) is 4.39 Å². The van der Waals surface area contributed by atoms with Gasteiger partial charge in [-0.05, 0) is 43.7 Å². The Hall–Kier alpha value is -2.07. The molecule has 0 aliphatic heterocycles. The SMILES string of the molecule is CC(C)Oc1cccc(C(CO)Nc2ccccc2F)c1. The smallest absolute Gasteiger partial charge is 0.146 e. The van der Waals surface area contributed by atoms with Gasteiger partial charge in [0.15, 0.2) is 0 Å². The number of nitrogens with one attached hydrogen (secondary N) is 1. The Morgan fingerprint density at radius 1 is 1.14 bits per heavy atom. The first-order valence-electron chi connectivity index (χ1n) is 6.98. The van der Waals surface area contributed by atoms with Gasteiger partial charge in [0.25, 0.3) is 0 Å². The zero-order valence-corrected chi connectivity index (χ0v) is 12.2. The molecule has 21 heavy (non-hydrogen) atoms. The van der Waals surface area contributed by atoms with E-state index in [0.717, 1.165) is 11.3 Å². The number of benzene rings is 2. The van der Waals surface area contributed by atoms with E-state index in [2.05, 4.69) is 5.32 Å². The monoisotopic (exact) mass is 289 g/mol. The largest absolute Gasteiger partial charge is 0.491 e. The average molecular weight is 289 g/mol. The highest BCUT2D eigenvalue weighted by molar-refractivity contribution is 5.47. The summed E-state index contributed by atoms with van der Waals surface area (Å²) in [7, 11) is 0. The van der Waals surface area contributed by atoms with E-state index in [4.69, 9.17) is 4.74 Å². The van der Waals surface area contributed by atoms with Gasteiger partial charge in [-0.15, -0.1) is 0 Å². The van der Waals surface area contributed by atoms with E-state index in [1.807, 2.05) is 38.1 Å². The second-order valence-corrected chi connectivity index (χ2v) is 5.10. The molecule has 2 rings (SSSR count). The maximum atomic E-state index is 13.7. The highest BCUT2D eigenvalue weighted by atomic mass is 19.1. The molecule has 0 bridgehead atoms. The van der Waals surface area contributed by atoms with Crippen LogP contribution in [0.1, 0.15) is 25.5 Å². The van der Waals surface area contributed by atoms with Crippen LogP contribution in [0.15, 0.2) is 48.5 Å². The van der Waals surface area contributed by atoms with Gasteiger partial charge in [0.05, 0.1) is 24.4 Å². The van der Waals surface area contributed by atoms with Crippen LogP contribution in [0.3, 0.4) is 0 Å². The number of aliphatic hydroxyl groups excluding tert-OH is 1. The first kappa shape index (κ1) is 15.3. The standard InChI is InChI=1S/C17H20FNO2/c1-12(2)21-14-7-5-6-13(10-14)17(11-20)19-16-9-4-3-8-15(16)18/h3-10,12,17,19-20H,11H2,1-2H3. The predicted octanol–water partition coefficient (Wildman–Crippen LogP) is 3.76. The van der Waals surface area contributed by atoms with Crippen molar-refractivity contribution in [3.63, 3.8) is 0 Å². The second-order valence-electron chi connectivity index (χ2n) is 5.10. The molecular formula is C17H20FNO2. The molecule has 0 aliphatic carbocycles. The lowest BCUT2D eigenvalue weighted by molar-refractivity contribution is 0.241. The van der Waals surface area contributed by atoms with Gasteiger partial charge in [-0.3, -0.25) is 0 Å². The van der Waals surface area contributed by atoms with Crippen LogP contribution in [0.5, 0.6) is 5.75 Å². The van der Waals surface area contributed by atoms with E-state index in [0.29, 0.717) is 5.69 Å². The Labute approximate surface area is 124 Å². The summed E-state index contributed by atoms with van der Waals surface area (Å²) in [4.78, 5) is 0.